The zero-order valence-electron chi connectivity index (χ0n) is 10.6. The molecule has 1 fully saturated rings. The van der Waals surface area contributed by atoms with Gasteiger partial charge in [-0.25, -0.2) is 9.99 Å². The van der Waals surface area contributed by atoms with Gasteiger partial charge in [0, 0.05) is 38.0 Å². The van der Waals surface area contributed by atoms with E-state index in [1.807, 2.05) is 5.01 Å². The molecule has 18 heavy (non-hydrogen) atoms. The SMILES string of the molecule is CN1CCN(NC(=O)c2csc(CCN)n2)CC1. The summed E-state index contributed by atoms with van der Waals surface area (Å²) in [6.07, 6.45) is 0.729. The molecule has 0 atom stereocenters. The molecule has 0 aliphatic carbocycles. The first-order valence-electron chi connectivity index (χ1n) is 6.08. The standard InChI is InChI=1S/C11H19N5OS/c1-15-4-6-16(7-5-15)14-11(17)9-8-18-10(13-9)2-3-12/h8H,2-7,12H2,1H3,(H,14,17). The molecule has 1 aromatic heterocycles. The van der Waals surface area contributed by atoms with Crippen molar-refractivity contribution in [1.29, 1.82) is 0 Å². The van der Waals surface area contributed by atoms with Crippen molar-refractivity contribution in [2.75, 3.05) is 39.8 Å². The summed E-state index contributed by atoms with van der Waals surface area (Å²) >= 11 is 1.49. The number of hydrazine groups is 1. The molecule has 0 saturated carbocycles. The molecule has 3 N–H and O–H groups in total. The van der Waals surface area contributed by atoms with E-state index in [1.165, 1.54) is 11.3 Å². The Morgan fingerprint density at radius 3 is 2.89 bits per heavy atom. The number of thiazole rings is 1. The van der Waals surface area contributed by atoms with Crippen LogP contribution in [0.5, 0.6) is 0 Å². The molecule has 100 valence electrons. The summed E-state index contributed by atoms with van der Waals surface area (Å²) in [7, 11) is 2.08. The van der Waals surface area contributed by atoms with Crippen molar-refractivity contribution >= 4 is 17.2 Å². The molecule has 0 unspecified atom stereocenters. The van der Waals surface area contributed by atoms with Gasteiger partial charge in [-0.3, -0.25) is 10.2 Å². The number of carbonyl (C=O) groups is 1. The molecule has 1 aliphatic heterocycles. The fourth-order valence-corrected chi connectivity index (χ4v) is 2.57. The van der Waals surface area contributed by atoms with Crippen molar-refractivity contribution in [1.82, 2.24) is 20.3 Å². The van der Waals surface area contributed by atoms with Crippen LogP contribution in [0.2, 0.25) is 0 Å². The zero-order valence-corrected chi connectivity index (χ0v) is 11.4. The lowest BCUT2D eigenvalue weighted by molar-refractivity contribution is 0.0658. The molecule has 1 aromatic rings. The Hall–Kier alpha value is -1.02. The van der Waals surface area contributed by atoms with Gasteiger partial charge in [0.2, 0.25) is 0 Å². The number of nitrogens with zero attached hydrogens (tertiary/aromatic N) is 3. The molecular formula is C11H19N5OS. The molecule has 7 heteroatoms. The smallest absolute Gasteiger partial charge is 0.285 e. The Morgan fingerprint density at radius 1 is 1.50 bits per heavy atom. The van der Waals surface area contributed by atoms with E-state index < -0.39 is 0 Å². The number of hydrogen-bond donors (Lipinski definition) is 2. The third-order valence-electron chi connectivity index (χ3n) is 2.91. The molecule has 2 rings (SSSR count). The Balaban J connectivity index is 1.86. The first kappa shape index (κ1) is 13.4. The van der Waals surface area contributed by atoms with Gasteiger partial charge in [0.15, 0.2) is 0 Å². The Bertz CT molecular complexity index is 400. The van der Waals surface area contributed by atoms with Gasteiger partial charge in [0.05, 0.1) is 5.01 Å². The number of piperazine rings is 1. The molecule has 1 amide bonds. The summed E-state index contributed by atoms with van der Waals surface area (Å²) in [6, 6.07) is 0. The summed E-state index contributed by atoms with van der Waals surface area (Å²) in [5.41, 5.74) is 8.84. The number of nitrogens with two attached hydrogens (primary N) is 1. The molecule has 6 nitrogen and oxygen atoms in total. The van der Waals surface area contributed by atoms with Gasteiger partial charge in [-0.2, -0.15) is 0 Å². The van der Waals surface area contributed by atoms with Gasteiger partial charge < -0.3 is 10.6 Å². The van der Waals surface area contributed by atoms with E-state index in [0.29, 0.717) is 12.2 Å². The minimum Gasteiger partial charge on any atom is -0.330 e. The predicted octanol–water partition coefficient (Wildman–Crippen LogP) is -0.463. The summed E-state index contributed by atoms with van der Waals surface area (Å²) in [5, 5.41) is 4.65. The van der Waals surface area contributed by atoms with Crippen LogP contribution < -0.4 is 11.2 Å². The summed E-state index contributed by atoms with van der Waals surface area (Å²) < 4.78 is 0. The number of amides is 1. The maximum atomic E-state index is 12.0. The molecule has 1 saturated heterocycles. The van der Waals surface area contributed by atoms with Gasteiger partial charge >= 0.3 is 0 Å². The van der Waals surface area contributed by atoms with Crippen LogP contribution in [0.4, 0.5) is 0 Å². The van der Waals surface area contributed by atoms with Gasteiger partial charge in [0.1, 0.15) is 5.69 Å². The van der Waals surface area contributed by atoms with Crippen molar-refractivity contribution in [3.8, 4) is 0 Å². The highest BCUT2D eigenvalue weighted by Crippen LogP contribution is 2.10. The number of rotatable bonds is 4. The van der Waals surface area contributed by atoms with E-state index >= 15 is 0 Å². The highest BCUT2D eigenvalue weighted by atomic mass is 32.1. The van der Waals surface area contributed by atoms with E-state index in [9.17, 15) is 4.79 Å². The highest BCUT2D eigenvalue weighted by Gasteiger charge is 2.18. The Labute approximate surface area is 111 Å². The van der Waals surface area contributed by atoms with Gasteiger partial charge in [-0.15, -0.1) is 11.3 Å². The summed E-state index contributed by atoms with van der Waals surface area (Å²) in [5.74, 6) is -0.126. The highest BCUT2D eigenvalue weighted by molar-refractivity contribution is 7.09. The van der Waals surface area contributed by atoms with Crippen LogP contribution in [0, 0.1) is 0 Å². The molecule has 0 spiro atoms. The van der Waals surface area contributed by atoms with Gasteiger partial charge in [0.25, 0.3) is 5.91 Å². The first-order chi connectivity index (χ1) is 8.69. The number of likely N-dealkylation sites (N-methyl/N-ethyl adjacent to an activating group) is 1. The zero-order chi connectivity index (χ0) is 13.0. The van der Waals surface area contributed by atoms with Crippen molar-refractivity contribution < 1.29 is 4.79 Å². The van der Waals surface area contributed by atoms with E-state index in [4.69, 9.17) is 5.73 Å². The van der Waals surface area contributed by atoms with E-state index in [0.717, 1.165) is 37.6 Å². The van der Waals surface area contributed by atoms with Crippen LogP contribution in [-0.4, -0.2) is 60.6 Å². The Kier molecular flexibility index (Phi) is 4.65. The fourth-order valence-electron chi connectivity index (χ4n) is 1.77. The predicted molar refractivity (Wildman–Crippen MR) is 71.4 cm³/mol. The summed E-state index contributed by atoms with van der Waals surface area (Å²) in [4.78, 5) is 18.5. The lowest BCUT2D eigenvalue weighted by Crippen LogP contribution is -2.52. The largest absolute Gasteiger partial charge is 0.330 e. The molecule has 2 heterocycles. The number of hydrogen-bond acceptors (Lipinski definition) is 6. The van der Waals surface area contributed by atoms with Gasteiger partial charge in [-0.05, 0) is 13.6 Å². The molecule has 0 aromatic carbocycles. The lowest BCUT2D eigenvalue weighted by Gasteiger charge is -2.32. The average Bonchev–Trinajstić information content (AvgIpc) is 2.81. The normalized spacial score (nSPS) is 17.9. The first-order valence-corrected chi connectivity index (χ1v) is 6.96. The third-order valence-corrected chi connectivity index (χ3v) is 3.81. The van der Waals surface area contributed by atoms with E-state index in [-0.39, 0.29) is 5.91 Å². The number of aromatic nitrogens is 1. The summed E-state index contributed by atoms with van der Waals surface area (Å²) in [6.45, 7) is 4.20. The van der Waals surface area contributed by atoms with Crippen LogP contribution in [0.25, 0.3) is 0 Å². The van der Waals surface area contributed by atoms with Crippen molar-refractivity contribution in [3.05, 3.63) is 16.1 Å². The lowest BCUT2D eigenvalue weighted by atomic mass is 10.4. The van der Waals surface area contributed by atoms with Crippen LogP contribution >= 0.6 is 11.3 Å². The molecular weight excluding hydrogens is 250 g/mol. The second kappa shape index (κ2) is 6.24. The van der Waals surface area contributed by atoms with Crippen LogP contribution in [0.3, 0.4) is 0 Å². The number of nitrogens with one attached hydrogen (secondary N) is 1. The second-order valence-electron chi connectivity index (χ2n) is 4.40. The van der Waals surface area contributed by atoms with Crippen molar-refractivity contribution in [2.45, 2.75) is 6.42 Å². The van der Waals surface area contributed by atoms with Crippen molar-refractivity contribution in [3.63, 3.8) is 0 Å². The fraction of sp³-hybridized carbons (Fsp3) is 0.636. The van der Waals surface area contributed by atoms with Crippen LogP contribution in [0.1, 0.15) is 15.5 Å². The van der Waals surface area contributed by atoms with E-state index in [2.05, 4.69) is 22.4 Å². The topological polar surface area (TPSA) is 74.5 Å². The molecule has 0 bridgehead atoms. The van der Waals surface area contributed by atoms with E-state index in [1.54, 1.807) is 5.38 Å². The molecule has 0 radical (unpaired) electrons. The average molecular weight is 269 g/mol. The third kappa shape index (κ3) is 3.49. The monoisotopic (exact) mass is 269 g/mol. The minimum atomic E-state index is -0.126. The number of carbonyl (C=O) groups excluding carboxylic acids is 1. The van der Waals surface area contributed by atoms with Crippen molar-refractivity contribution in [2.24, 2.45) is 5.73 Å². The maximum Gasteiger partial charge on any atom is 0.285 e. The van der Waals surface area contributed by atoms with Gasteiger partial charge in [-0.1, -0.05) is 0 Å². The van der Waals surface area contributed by atoms with Crippen LogP contribution in [0.15, 0.2) is 5.38 Å². The molecule has 1 aliphatic rings. The minimum absolute atomic E-state index is 0.126. The Morgan fingerprint density at radius 2 is 2.22 bits per heavy atom. The quantitative estimate of drug-likeness (QED) is 0.773. The second-order valence-corrected chi connectivity index (χ2v) is 5.34. The maximum absolute atomic E-state index is 12.0. The van der Waals surface area contributed by atoms with Crippen LogP contribution in [-0.2, 0) is 6.42 Å².